The molecule has 2 aromatic carbocycles. The Balaban J connectivity index is 1.83. The van der Waals surface area contributed by atoms with Crippen molar-refractivity contribution in [3.05, 3.63) is 59.2 Å². The number of benzene rings is 2. The highest BCUT2D eigenvalue weighted by molar-refractivity contribution is 5.38. The first-order valence-corrected chi connectivity index (χ1v) is 8.45. The van der Waals surface area contributed by atoms with Gasteiger partial charge in [0.1, 0.15) is 23.7 Å². The number of hydrogen-bond donors (Lipinski definition) is 3. The highest BCUT2D eigenvalue weighted by Gasteiger charge is 2.37. The molecule has 3 N–H and O–H groups in total. The summed E-state index contributed by atoms with van der Waals surface area (Å²) < 4.78 is 11.7. The van der Waals surface area contributed by atoms with Gasteiger partial charge in [0.2, 0.25) is 0 Å². The van der Waals surface area contributed by atoms with E-state index in [9.17, 15) is 15.3 Å². The maximum atomic E-state index is 10.3. The van der Waals surface area contributed by atoms with Crippen molar-refractivity contribution in [3.63, 3.8) is 0 Å². The smallest absolute Gasteiger partial charge is 0.127 e. The molecule has 3 unspecified atom stereocenters. The number of hydrogen-bond acceptors (Lipinski definition) is 5. The van der Waals surface area contributed by atoms with Gasteiger partial charge in [0, 0.05) is 6.42 Å². The average Bonchev–Trinajstić information content (AvgIpc) is 2.56. The summed E-state index contributed by atoms with van der Waals surface area (Å²) in [6.07, 6.45) is -2.96. The van der Waals surface area contributed by atoms with Gasteiger partial charge in [-0.15, -0.1) is 0 Å². The number of rotatable bonds is 4. The highest BCUT2D eigenvalue weighted by Crippen LogP contribution is 2.34. The minimum absolute atomic E-state index is 0.195. The minimum Gasteiger partial charge on any atom is -0.457 e. The molecule has 1 fully saturated rings. The zero-order chi connectivity index (χ0) is 18.0. The van der Waals surface area contributed by atoms with Gasteiger partial charge in [-0.1, -0.05) is 18.2 Å². The van der Waals surface area contributed by atoms with E-state index in [2.05, 4.69) is 6.07 Å². The first-order valence-electron chi connectivity index (χ1n) is 8.45. The summed E-state index contributed by atoms with van der Waals surface area (Å²) in [5.74, 6) is 1.37. The maximum Gasteiger partial charge on any atom is 0.127 e. The van der Waals surface area contributed by atoms with Crippen molar-refractivity contribution in [2.45, 2.75) is 44.7 Å². The molecule has 1 heterocycles. The lowest BCUT2D eigenvalue weighted by Gasteiger charge is -2.36. The second kappa shape index (κ2) is 7.54. The lowest BCUT2D eigenvalue weighted by atomic mass is 9.93. The zero-order valence-electron chi connectivity index (χ0n) is 14.4. The van der Waals surface area contributed by atoms with Gasteiger partial charge in [-0.2, -0.15) is 0 Å². The predicted octanol–water partition coefficient (Wildman–Crippen LogP) is 2.64. The Morgan fingerprint density at radius 2 is 1.76 bits per heavy atom. The quantitative estimate of drug-likeness (QED) is 0.795. The highest BCUT2D eigenvalue weighted by atomic mass is 16.5. The summed E-state index contributed by atoms with van der Waals surface area (Å²) in [5, 5.41) is 29.6. The number of aliphatic hydroxyl groups excluding tert-OH is 3. The zero-order valence-corrected chi connectivity index (χ0v) is 14.4. The van der Waals surface area contributed by atoms with Gasteiger partial charge in [-0.25, -0.2) is 0 Å². The van der Waals surface area contributed by atoms with Crippen LogP contribution in [0.4, 0.5) is 0 Å². The molecule has 0 aromatic heterocycles. The van der Waals surface area contributed by atoms with Crippen LogP contribution in [0.3, 0.4) is 0 Å². The van der Waals surface area contributed by atoms with Crippen LogP contribution in [0.2, 0.25) is 0 Å². The van der Waals surface area contributed by atoms with E-state index in [-0.39, 0.29) is 13.0 Å². The lowest BCUT2D eigenvalue weighted by molar-refractivity contribution is -0.179. The number of ether oxygens (including phenoxy) is 2. The molecule has 4 atom stereocenters. The van der Waals surface area contributed by atoms with Gasteiger partial charge in [-0.05, 0) is 54.8 Å². The third kappa shape index (κ3) is 4.19. The second-order valence-corrected chi connectivity index (χ2v) is 6.65. The molecule has 0 bridgehead atoms. The SMILES string of the molecule is Cc1cc(C)cc(Oc2cccc([C@H]3OC(CO)CC(O)C3O)c2)c1. The molecule has 1 aliphatic rings. The Labute approximate surface area is 147 Å². The fourth-order valence-electron chi connectivity index (χ4n) is 3.23. The summed E-state index contributed by atoms with van der Waals surface area (Å²) in [5.41, 5.74) is 2.93. The van der Waals surface area contributed by atoms with Gasteiger partial charge < -0.3 is 24.8 Å². The van der Waals surface area contributed by atoms with Gasteiger partial charge in [0.05, 0.1) is 18.8 Å². The Morgan fingerprint density at radius 3 is 2.44 bits per heavy atom. The van der Waals surface area contributed by atoms with Crippen LogP contribution >= 0.6 is 0 Å². The van der Waals surface area contributed by atoms with Crippen LogP contribution in [0, 0.1) is 13.8 Å². The maximum absolute atomic E-state index is 10.3. The van der Waals surface area contributed by atoms with E-state index >= 15 is 0 Å². The first-order chi connectivity index (χ1) is 12.0. The molecule has 2 aromatic rings. The summed E-state index contributed by atoms with van der Waals surface area (Å²) in [6, 6.07) is 13.2. The molecule has 1 saturated heterocycles. The molecular weight excluding hydrogens is 320 g/mol. The van der Waals surface area contributed by atoms with E-state index in [1.54, 1.807) is 6.07 Å². The fraction of sp³-hybridized carbons (Fsp3) is 0.400. The Morgan fingerprint density at radius 1 is 1.04 bits per heavy atom. The van der Waals surface area contributed by atoms with E-state index in [4.69, 9.17) is 9.47 Å². The fourth-order valence-corrected chi connectivity index (χ4v) is 3.23. The molecule has 5 heteroatoms. The van der Waals surface area contributed by atoms with E-state index in [0.29, 0.717) is 11.3 Å². The van der Waals surface area contributed by atoms with Crippen LogP contribution in [-0.2, 0) is 4.74 Å². The molecule has 0 saturated carbocycles. The molecule has 0 radical (unpaired) electrons. The largest absolute Gasteiger partial charge is 0.457 e. The van der Waals surface area contributed by atoms with Crippen LogP contribution in [0.15, 0.2) is 42.5 Å². The number of aryl methyl sites for hydroxylation is 2. The van der Waals surface area contributed by atoms with Crippen molar-refractivity contribution in [3.8, 4) is 11.5 Å². The van der Waals surface area contributed by atoms with Crippen molar-refractivity contribution < 1.29 is 24.8 Å². The van der Waals surface area contributed by atoms with Crippen molar-refractivity contribution in [2.24, 2.45) is 0 Å². The van der Waals surface area contributed by atoms with Crippen molar-refractivity contribution >= 4 is 0 Å². The molecule has 134 valence electrons. The topological polar surface area (TPSA) is 79.2 Å². The molecule has 0 aliphatic carbocycles. The Bertz CT molecular complexity index is 710. The van der Waals surface area contributed by atoms with E-state index < -0.39 is 24.4 Å². The van der Waals surface area contributed by atoms with Gasteiger partial charge in [-0.3, -0.25) is 0 Å². The lowest BCUT2D eigenvalue weighted by Crippen LogP contribution is -2.44. The molecular formula is C20H24O5. The molecule has 5 nitrogen and oxygen atoms in total. The van der Waals surface area contributed by atoms with Gasteiger partial charge in [0.15, 0.2) is 0 Å². The molecule has 3 rings (SSSR count). The monoisotopic (exact) mass is 344 g/mol. The molecule has 0 spiro atoms. The van der Waals surface area contributed by atoms with Gasteiger partial charge >= 0.3 is 0 Å². The van der Waals surface area contributed by atoms with Crippen LogP contribution in [0.1, 0.15) is 29.2 Å². The van der Waals surface area contributed by atoms with Crippen LogP contribution < -0.4 is 4.74 Å². The van der Waals surface area contributed by atoms with Crippen LogP contribution in [-0.4, -0.2) is 40.2 Å². The third-order valence-corrected chi connectivity index (χ3v) is 4.37. The number of aliphatic hydroxyl groups is 3. The summed E-state index contributed by atoms with van der Waals surface area (Å²) >= 11 is 0. The standard InChI is InChI=1S/C20H24O5/c1-12-6-13(2)8-16(7-12)24-15-5-3-4-14(9-15)20-19(23)18(22)10-17(11-21)25-20/h3-9,17-23H,10-11H2,1-2H3/t17?,18?,19?,20-/m1/s1. The summed E-state index contributed by atoms with van der Waals surface area (Å²) in [6.45, 7) is 3.83. The first kappa shape index (κ1) is 17.9. The average molecular weight is 344 g/mol. The van der Waals surface area contributed by atoms with E-state index in [1.165, 1.54) is 0 Å². The van der Waals surface area contributed by atoms with Gasteiger partial charge in [0.25, 0.3) is 0 Å². The van der Waals surface area contributed by atoms with E-state index in [1.807, 2.05) is 44.2 Å². The van der Waals surface area contributed by atoms with Crippen molar-refractivity contribution in [1.29, 1.82) is 0 Å². The molecule has 0 amide bonds. The van der Waals surface area contributed by atoms with Crippen molar-refractivity contribution in [1.82, 2.24) is 0 Å². The normalized spacial score (nSPS) is 26.4. The Hall–Kier alpha value is -1.92. The molecule has 25 heavy (non-hydrogen) atoms. The van der Waals surface area contributed by atoms with E-state index in [0.717, 1.165) is 16.9 Å². The van der Waals surface area contributed by atoms with Crippen molar-refractivity contribution in [2.75, 3.05) is 6.61 Å². The van der Waals surface area contributed by atoms with Crippen LogP contribution in [0.5, 0.6) is 11.5 Å². The molecule has 1 aliphatic heterocycles. The summed E-state index contributed by atoms with van der Waals surface area (Å²) in [4.78, 5) is 0. The third-order valence-electron chi connectivity index (χ3n) is 4.37. The van der Waals surface area contributed by atoms with Crippen LogP contribution in [0.25, 0.3) is 0 Å². The summed E-state index contributed by atoms with van der Waals surface area (Å²) in [7, 11) is 0. The Kier molecular flexibility index (Phi) is 5.39. The predicted molar refractivity (Wildman–Crippen MR) is 93.8 cm³/mol. The second-order valence-electron chi connectivity index (χ2n) is 6.65. The minimum atomic E-state index is -1.04.